The Kier molecular flexibility index (Phi) is 5.64. The van der Waals surface area contributed by atoms with Crippen molar-refractivity contribution in [1.29, 1.82) is 0 Å². The first-order valence-corrected chi connectivity index (χ1v) is 11.1. The molecule has 0 N–H and O–H groups in total. The van der Waals surface area contributed by atoms with Gasteiger partial charge in [-0.05, 0) is 50.5 Å². The molecule has 2 heterocycles. The molecule has 7 nitrogen and oxygen atoms in total. The third-order valence-corrected chi connectivity index (χ3v) is 7.20. The zero-order valence-corrected chi connectivity index (χ0v) is 17.5. The first kappa shape index (κ1) is 19.9. The van der Waals surface area contributed by atoms with Gasteiger partial charge in [-0.15, -0.1) is 0 Å². The highest BCUT2D eigenvalue weighted by atomic mass is 32.2. The molecule has 1 aromatic carbocycles. The fraction of sp³-hybridized carbons (Fsp3) is 0.444. The average Bonchev–Trinajstić information content (AvgIpc) is 2.96. The predicted molar refractivity (Wildman–Crippen MR) is 105 cm³/mol. The number of oxazole rings is 1. The van der Waals surface area contributed by atoms with E-state index in [1.807, 2.05) is 13.8 Å². The SMILES string of the molecule is Cc1nc(SCC(=O)N2CCCc3cc(S(=O)(=O)N(C)C)ccc32)oc1C. The van der Waals surface area contributed by atoms with Gasteiger partial charge >= 0.3 is 0 Å². The Balaban J connectivity index is 1.78. The molecule has 0 spiro atoms. The van der Waals surface area contributed by atoms with Gasteiger partial charge in [0.15, 0.2) is 0 Å². The van der Waals surface area contributed by atoms with E-state index < -0.39 is 10.0 Å². The Morgan fingerprint density at radius 2 is 2.07 bits per heavy atom. The van der Waals surface area contributed by atoms with Gasteiger partial charge < -0.3 is 9.32 Å². The number of carbonyl (C=O) groups excluding carboxylic acids is 1. The highest BCUT2D eigenvalue weighted by molar-refractivity contribution is 7.99. The van der Waals surface area contributed by atoms with E-state index in [0.717, 1.165) is 35.5 Å². The Hall–Kier alpha value is -1.84. The van der Waals surface area contributed by atoms with Crippen LogP contribution >= 0.6 is 11.8 Å². The fourth-order valence-electron chi connectivity index (χ4n) is 2.91. The number of thioether (sulfide) groups is 1. The van der Waals surface area contributed by atoms with Crippen molar-refractivity contribution < 1.29 is 17.6 Å². The summed E-state index contributed by atoms with van der Waals surface area (Å²) >= 11 is 1.27. The lowest BCUT2D eigenvalue weighted by Crippen LogP contribution is -2.36. The molecule has 146 valence electrons. The van der Waals surface area contributed by atoms with E-state index in [2.05, 4.69) is 4.98 Å². The van der Waals surface area contributed by atoms with Crippen molar-refractivity contribution in [3.63, 3.8) is 0 Å². The number of sulfonamides is 1. The molecular formula is C18H23N3O4S2. The van der Waals surface area contributed by atoms with Crippen LogP contribution in [-0.4, -0.2) is 50.0 Å². The maximum atomic E-state index is 12.7. The van der Waals surface area contributed by atoms with Crippen LogP contribution in [-0.2, 0) is 21.2 Å². The van der Waals surface area contributed by atoms with Crippen LogP contribution in [0.5, 0.6) is 0 Å². The van der Waals surface area contributed by atoms with Crippen molar-refractivity contribution in [2.45, 2.75) is 36.8 Å². The van der Waals surface area contributed by atoms with E-state index in [-0.39, 0.29) is 16.6 Å². The molecule has 0 saturated carbocycles. The van der Waals surface area contributed by atoms with Crippen LogP contribution in [0.2, 0.25) is 0 Å². The number of hydrogen-bond acceptors (Lipinski definition) is 6. The lowest BCUT2D eigenvalue weighted by atomic mass is 10.0. The molecule has 3 rings (SSSR count). The van der Waals surface area contributed by atoms with Crippen molar-refractivity contribution >= 4 is 33.4 Å². The van der Waals surface area contributed by atoms with Crippen LogP contribution in [0.15, 0.2) is 32.7 Å². The van der Waals surface area contributed by atoms with E-state index in [0.29, 0.717) is 11.8 Å². The standard InChI is InChI=1S/C18H23N3O4S2/c1-12-13(2)25-18(19-12)26-11-17(22)21-9-5-6-14-10-15(7-8-16(14)21)27(23,24)20(3)4/h7-8,10H,5-6,9,11H2,1-4H3. The zero-order valence-electron chi connectivity index (χ0n) is 15.9. The number of hydrogen-bond donors (Lipinski definition) is 0. The summed E-state index contributed by atoms with van der Waals surface area (Å²) in [5.41, 5.74) is 2.48. The van der Waals surface area contributed by atoms with Crippen LogP contribution < -0.4 is 4.90 Å². The predicted octanol–water partition coefficient (Wildman–Crippen LogP) is 2.61. The molecule has 0 saturated heterocycles. The van der Waals surface area contributed by atoms with Crippen molar-refractivity contribution in [2.24, 2.45) is 0 Å². The highest BCUT2D eigenvalue weighted by Crippen LogP contribution is 2.31. The van der Waals surface area contributed by atoms with Crippen molar-refractivity contribution in [3.8, 4) is 0 Å². The number of anilines is 1. The molecule has 1 aromatic heterocycles. The average molecular weight is 410 g/mol. The smallest absolute Gasteiger partial charge is 0.256 e. The van der Waals surface area contributed by atoms with Crippen LogP contribution in [0.1, 0.15) is 23.4 Å². The molecule has 0 atom stereocenters. The maximum absolute atomic E-state index is 12.7. The van der Waals surface area contributed by atoms with E-state index in [4.69, 9.17) is 4.42 Å². The van der Waals surface area contributed by atoms with Crippen molar-refractivity contribution in [3.05, 3.63) is 35.2 Å². The van der Waals surface area contributed by atoms with E-state index in [9.17, 15) is 13.2 Å². The highest BCUT2D eigenvalue weighted by Gasteiger charge is 2.26. The number of aromatic nitrogens is 1. The van der Waals surface area contributed by atoms with Gasteiger partial charge in [-0.1, -0.05) is 11.8 Å². The topological polar surface area (TPSA) is 83.7 Å². The summed E-state index contributed by atoms with van der Waals surface area (Å²) in [7, 11) is -0.475. The molecule has 0 aliphatic carbocycles. The second kappa shape index (κ2) is 7.65. The second-order valence-corrected chi connectivity index (χ2v) is 9.72. The molecule has 1 aliphatic heterocycles. The molecule has 1 aliphatic rings. The minimum atomic E-state index is -3.49. The lowest BCUT2D eigenvalue weighted by molar-refractivity contribution is -0.116. The van der Waals surface area contributed by atoms with E-state index in [1.165, 1.54) is 30.2 Å². The largest absolute Gasteiger partial charge is 0.437 e. The third kappa shape index (κ3) is 4.04. The Bertz CT molecular complexity index is 947. The summed E-state index contributed by atoms with van der Waals surface area (Å²) in [6.07, 6.45) is 1.55. The number of amides is 1. The molecule has 0 radical (unpaired) electrons. The van der Waals surface area contributed by atoms with Crippen molar-refractivity contribution in [1.82, 2.24) is 9.29 Å². The van der Waals surface area contributed by atoms with Gasteiger partial charge in [0, 0.05) is 26.3 Å². The summed E-state index contributed by atoms with van der Waals surface area (Å²) in [4.78, 5) is 19.0. The fourth-order valence-corrected chi connectivity index (χ4v) is 4.65. The van der Waals surface area contributed by atoms with Gasteiger partial charge in [0.1, 0.15) is 5.76 Å². The van der Waals surface area contributed by atoms with E-state index >= 15 is 0 Å². The van der Waals surface area contributed by atoms with Gasteiger partial charge in [-0.3, -0.25) is 4.79 Å². The van der Waals surface area contributed by atoms with E-state index in [1.54, 1.807) is 23.1 Å². The zero-order chi connectivity index (χ0) is 19.8. The number of aryl methyl sites for hydroxylation is 3. The summed E-state index contributed by atoms with van der Waals surface area (Å²) in [6, 6.07) is 4.97. The van der Waals surface area contributed by atoms with Crippen LogP contribution in [0.3, 0.4) is 0 Å². The van der Waals surface area contributed by atoms with Crippen LogP contribution in [0.25, 0.3) is 0 Å². The van der Waals surface area contributed by atoms with Crippen molar-refractivity contribution in [2.75, 3.05) is 31.3 Å². The number of carbonyl (C=O) groups is 1. The van der Waals surface area contributed by atoms with Gasteiger partial charge in [0.25, 0.3) is 5.22 Å². The summed E-state index contributed by atoms with van der Waals surface area (Å²) in [6.45, 7) is 4.33. The first-order valence-electron chi connectivity index (χ1n) is 8.63. The molecule has 0 bridgehead atoms. The molecule has 0 unspecified atom stereocenters. The molecular weight excluding hydrogens is 386 g/mol. The Labute approximate surface area is 163 Å². The summed E-state index contributed by atoms with van der Waals surface area (Å²) < 4.78 is 31.4. The third-order valence-electron chi connectivity index (χ3n) is 4.58. The Morgan fingerprint density at radius 3 is 2.70 bits per heavy atom. The van der Waals surface area contributed by atoms with Gasteiger partial charge in [-0.2, -0.15) is 0 Å². The maximum Gasteiger partial charge on any atom is 0.256 e. The first-order chi connectivity index (χ1) is 12.7. The molecule has 9 heteroatoms. The van der Waals surface area contributed by atoms with Gasteiger partial charge in [0.05, 0.1) is 16.3 Å². The summed E-state index contributed by atoms with van der Waals surface area (Å²) in [5, 5.41) is 0.489. The Morgan fingerprint density at radius 1 is 1.33 bits per heavy atom. The second-order valence-electron chi connectivity index (χ2n) is 6.64. The van der Waals surface area contributed by atoms with Gasteiger partial charge in [0.2, 0.25) is 15.9 Å². The lowest BCUT2D eigenvalue weighted by Gasteiger charge is -2.30. The van der Waals surface area contributed by atoms with Crippen LogP contribution in [0.4, 0.5) is 5.69 Å². The quantitative estimate of drug-likeness (QED) is 0.706. The van der Waals surface area contributed by atoms with Crippen LogP contribution in [0, 0.1) is 13.8 Å². The van der Waals surface area contributed by atoms with Gasteiger partial charge in [-0.25, -0.2) is 17.7 Å². The molecule has 27 heavy (non-hydrogen) atoms. The minimum Gasteiger partial charge on any atom is -0.437 e. The monoisotopic (exact) mass is 409 g/mol. The number of rotatable bonds is 5. The molecule has 2 aromatic rings. The number of benzene rings is 1. The molecule has 0 fully saturated rings. The summed E-state index contributed by atoms with van der Waals surface area (Å²) in [5.74, 6) is 0.928. The minimum absolute atomic E-state index is 0.0438. The molecule has 1 amide bonds. The number of fused-ring (bicyclic) bond motifs is 1. The number of nitrogens with zero attached hydrogens (tertiary/aromatic N) is 3. The normalized spacial score (nSPS) is 14.5.